The molecule has 3 rings (SSSR count). The van der Waals surface area contributed by atoms with Crippen molar-refractivity contribution in [1.82, 2.24) is 0 Å². The molecule has 3 aromatic carbocycles. The van der Waals surface area contributed by atoms with Gasteiger partial charge in [0.25, 0.3) is 0 Å². The molecule has 0 unspecified atom stereocenters. The van der Waals surface area contributed by atoms with Crippen molar-refractivity contribution in [2.24, 2.45) is 10.8 Å². The highest BCUT2D eigenvalue weighted by Gasteiger charge is 2.05. The first-order chi connectivity index (χ1) is 13.1. The fraction of sp³-hybridized carbons (Fsp3) is 0.0476. The van der Waals surface area contributed by atoms with Crippen molar-refractivity contribution in [3.63, 3.8) is 0 Å². The molecule has 0 amide bonds. The van der Waals surface area contributed by atoms with Gasteiger partial charge in [0, 0.05) is 5.56 Å². The molecular weight excluding hydrogens is 342 g/mol. The van der Waals surface area contributed by atoms with Gasteiger partial charge in [-0.2, -0.15) is 5.10 Å². The number of ether oxygens (including phenoxy) is 1. The van der Waals surface area contributed by atoms with Crippen molar-refractivity contribution < 1.29 is 14.6 Å². The molecule has 0 aliphatic heterocycles. The summed E-state index contributed by atoms with van der Waals surface area (Å²) in [6.07, 6.45) is 0. The molecule has 136 valence electrons. The molecule has 0 aliphatic rings. The summed E-state index contributed by atoms with van der Waals surface area (Å²) in [5, 5.41) is 13.2. The van der Waals surface area contributed by atoms with E-state index in [1.807, 2.05) is 48.5 Å². The second-order valence-corrected chi connectivity index (χ2v) is 5.80. The Balaban J connectivity index is 1.71. The van der Waals surface area contributed by atoms with Crippen LogP contribution in [0.25, 0.3) is 11.1 Å². The molecule has 0 atom stereocenters. The third-order valence-electron chi connectivity index (χ3n) is 4.02. The van der Waals surface area contributed by atoms with Crippen LogP contribution in [-0.2, 0) is 0 Å². The maximum absolute atomic E-state index is 11.0. The first-order valence-electron chi connectivity index (χ1n) is 8.24. The Labute approximate surface area is 156 Å². The topological polar surface area (TPSA) is 96.9 Å². The van der Waals surface area contributed by atoms with Gasteiger partial charge in [-0.1, -0.05) is 36.4 Å². The van der Waals surface area contributed by atoms with Gasteiger partial charge in [0.2, 0.25) is 0 Å². The Morgan fingerprint density at radius 2 is 1.56 bits per heavy atom. The van der Waals surface area contributed by atoms with E-state index in [0.29, 0.717) is 5.56 Å². The van der Waals surface area contributed by atoms with Gasteiger partial charge in [-0.15, -0.1) is 0 Å². The standard InChI is InChI=1S/C21H19N3O3/c1-27-19-11-7-15(8-12-19)14-5-9-18(10-6-14)23-24-20(22)16-3-2-4-17(13-16)21(25)26/h2-13,23H,1H3,(H2,22,24)(H,25,26). The zero-order valence-corrected chi connectivity index (χ0v) is 14.7. The molecule has 0 radical (unpaired) electrons. The number of carboxylic acids is 1. The first-order valence-corrected chi connectivity index (χ1v) is 8.24. The lowest BCUT2D eigenvalue weighted by atomic mass is 10.1. The summed E-state index contributed by atoms with van der Waals surface area (Å²) in [6.45, 7) is 0. The van der Waals surface area contributed by atoms with Crippen LogP contribution in [0.3, 0.4) is 0 Å². The van der Waals surface area contributed by atoms with Gasteiger partial charge in [0.05, 0.1) is 18.4 Å². The zero-order valence-electron chi connectivity index (χ0n) is 14.7. The maximum atomic E-state index is 11.0. The monoisotopic (exact) mass is 361 g/mol. The van der Waals surface area contributed by atoms with Crippen LogP contribution in [0.15, 0.2) is 77.9 Å². The second-order valence-electron chi connectivity index (χ2n) is 5.80. The van der Waals surface area contributed by atoms with Crippen molar-refractivity contribution in [2.75, 3.05) is 12.5 Å². The third-order valence-corrected chi connectivity index (χ3v) is 4.02. The lowest BCUT2D eigenvalue weighted by Crippen LogP contribution is -2.16. The lowest BCUT2D eigenvalue weighted by Gasteiger charge is -2.07. The van der Waals surface area contributed by atoms with E-state index in [1.54, 1.807) is 19.2 Å². The van der Waals surface area contributed by atoms with E-state index in [4.69, 9.17) is 15.6 Å². The highest BCUT2D eigenvalue weighted by atomic mass is 16.5. The van der Waals surface area contributed by atoms with Gasteiger partial charge in [0.1, 0.15) is 5.75 Å². The number of hydrogen-bond acceptors (Lipinski definition) is 4. The van der Waals surface area contributed by atoms with Crippen molar-refractivity contribution in [2.45, 2.75) is 0 Å². The summed E-state index contributed by atoms with van der Waals surface area (Å²) in [4.78, 5) is 11.0. The van der Waals surface area contributed by atoms with Gasteiger partial charge < -0.3 is 15.6 Å². The van der Waals surface area contributed by atoms with E-state index in [0.717, 1.165) is 22.6 Å². The van der Waals surface area contributed by atoms with E-state index < -0.39 is 5.97 Å². The minimum atomic E-state index is -1.01. The fourth-order valence-electron chi connectivity index (χ4n) is 2.52. The minimum absolute atomic E-state index is 0.162. The number of methoxy groups -OCH3 is 1. The molecular formula is C21H19N3O3. The Hall–Kier alpha value is -3.80. The second kappa shape index (κ2) is 8.05. The molecule has 0 spiro atoms. The number of rotatable bonds is 6. The smallest absolute Gasteiger partial charge is 0.335 e. The molecule has 3 aromatic rings. The third kappa shape index (κ3) is 4.43. The minimum Gasteiger partial charge on any atom is -0.497 e. The van der Waals surface area contributed by atoms with Gasteiger partial charge >= 0.3 is 5.97 Å². The largest absolute Gasteiger partial charge is 0.497 e. The normalized spacial score (nSPS) is 11.1. The van der Waals surface area contributed by atoms with Crippen LogP contribution in [0.2, 0.25) is 0 Å². The number of aromatic carboxylic acids is 1. The predicted octanol–water partition coefficient (Wildman–Crippen LogP) is 3.79. The molecule has 0 fully saturated rings. The number of nitrogens with two attached hydrogens (primary N) is 1. The Morgan fingerprint density at radius 1 is 0.963 bits per heavy atom. The summed E-state index contributed by atoms with van der Waals surface area (Å²) in [7, 11) is 1.64. The predicted molar refractivity (Wildman–Crippen MR) is 106 cm³/mol. The Bertz CT molecular complexity index is 965. The average molecular weight is 361 g/mol. The highest BCUT2D eigenvalue weighted by Crippen LogP contribution is 2.23. The van der Waals surface area contributed by atoms with Crippen LogP contribution >= 0.6 is 0 Å². The summed E-state index contributed by atoms with van der Waals surface area (Å²) in [5.41, 5.74) is 12.4. The SMILES string of the molecule is COc1ccc(-c2ccc(N/N=C(\N)c3cccc(C(=O)O)c3)cc2)cc1. The average Bonchev–Trinajstić information content (AvgIpc) is 2.72. The number of hydrazone groups is 1. The summed E-state index contributed by atoms with van der Waals surface area (Å²) in [6, 6.07) is 21.9. The Morgan fingerprint density at radius 3 is 2.15 bits per heavy atom. The number of benzene rings is 3. The molecule has 0 aliphatic carbocycles. The van der Waals surface area contributed by atoms with Crippen molar-refractivity contribution in [1.29, 1.82) is 0 Å². The summed E-state index contributed by atoms with van der Waals surface area (Å²) in [5.74, 6) is 0.0119. The molecule has 6 nitrogen and oxygen atoms in total. The summed E-state index contributed by atoms with van der Waals surface area (Å²) >= 11 is 0. The maximum Gasteiger partial charge on any atom is 0.335 e. The molecule has 0 aromatic heterocycles. The van der Waals surface area contributed by atoms with E-state index >= 15 is 0 Å². The van der Waals surface area contributed by atoms with Crippen molar-refractivity contribution >= 4 is 17.5 Å². The Kier molecular flexibility index (Phi) is 5.37. The zero-order chi connectivity index (χ0) is 19.2. The fourth-order valence-corrected chi connectivity index (χ4v) is 2.52. The number of carbonyl (C=O) groups is 1. The number of anilines is 1. The van der Waals surface area contributed by atoms with E-state index in [9.17, 15) is 4.79 Å². The molecule has 6 heteroatoms. The van der Waals surface area contributed by atoms with Crippen LogP contribution in [0.4, 0.5) is 5.69 Å². The molecule has 0 bridgehead atoms. The van der Waals surface area contributed by atoms with E-state index in [2.05, 4.69) is 10.5 Å². The van der Waals surface area contributed by atoms with Gasteiger partial charge in [0.15, 0.2) is 5.84 Å². The van der Waals surface area contributed by atoms with E-state index in [1.165, 1.54) is 12.1 Å². The first kappa shape index (κ1) is 18.0. The van der Waals surface area contributed by atoms with Crippen LogP contribution in [-0.4, -0.2) is 24.0 Å². The highest BCUT2D eigenvalue weighted by molar-refractivity contribution is 6.00. The number of amidine groups is 1. The molecule has 0 heterocycles. The number of nitrogens with zero attached hydrogens (tertiary/aromatic N) is 1. The molecule has 4 N–H and O–H groups in total. The number of hydrogen-bond donors (Lipinski definition) is 3. The lowest BCUT2D eigenvalue weighted by molar-refractivity contribution is 0.0697. The van der Waals surface area contributed by atoms with Crippen LogP contribution < -0.4 is 15.9 Å². The van der Waals surface area contributed by atoms with Crippen LogP contribution in [0.1, 0.15) is 15.9 Å². The van der Waals surface area contributed by atoms with Crippen LogP contribution in [0.5, 0.6) is 5.75 Å². The number of nitrogens with one attached hydrogen (secondary N) is 1. The van der Waals surface area contributed by atoms with Crippen molar-refractivity contribution in [3.8, 4) is 16.9 Å². The number of carboxylic acid groups (broad SMARTS) is 1. The quantitative estimate of drug-likeness (QED) is 0.353. The van der Waals surface area contributed by atoms with Gasteiger partial charge in [-0.25, -0.2) is 4.79 Å². The molecule has 27 heavy (non-hydrogen) atoms. The van der Waals surface area contributed by atoms with Gasteiger partial charge in [-0.05, 0) is 47.5 Å². The van der Waals surface area contributed by atoms with Gasteiger partial charge in [-0.3, -0.25) is 5.43 Å². The molecule has 0 saturated heterocycles. The van der Waals surface area contributed by atoms with Crippen molar-refractivity contribution in [3.05, 3.63) is 83.9 Å². The summed E-state index contributed by atoms with van der Waals surface area (Å²) < 4.78 is 5.17. The van der Waals surface area contributed by atoms with Crippen LogP contribution in [0, 0.1) is 0 Å². The van der Waals surface area contributed by atoms with E-state index in [-0.39, 0.29) is 11.4 Å². The molecule has 0 saturated carbocycles.